The Bertz CT molecular complexity index is 733. The molecule has 0 atom stereocenters. The molecule has 0 spiro atoms. The maximum absolute atomic E-state index is 13.9. The average molecular weight is 296 g/mol. The highest BCUT2D eigenvalue weighted by molar-refractivity contribution is 7.16. The van der Waals surface area contributed by atoms with Gasteiger partial charge in [0.15, 0.2) is 4.80 Å². The van der Waals surface area contributed by atoms with E-state index in [0.717, 1.165) is 11.3 Å². The fraction of sp³-hybridized carbons (Fsp3) is 0.308. The van der Waals surface area contributed by atoms with Gasteiger partial charge in [0.2, 0.25) is 5.91 Å². The second-order valence-corrected chi connectivity index (χ2v) is 5.00. The van der Waals surface area contributed by atoms with E-state index in [9.17, 15) is 14.0 Å². The molecule has 0 N–H and O–H groups in total. The molecule has 1 aromatic carbocycles. The second-order valence-electron chi connectivity index (χ2n) is 3.99. The number of aromatic nitrogens is 1. The molecule has 0 saturated heterocycles. The predicted molar refractivity (Wildman–Crippen MR) is 72.7 cm³/mol. The van der Waals surface area contributed by atoms with Crippen molar-refractivity contribution in [3.8, 4) is 0 Å². The summed E-state index contributed by atoms with van der Waals surface area (Å²) < 4.78 is 20.8. The van der Waals surface area contributed by atoms with Gasteiger partial charge < -0.3 is 9.30 Å². The molecule has 0 saturated carbocycles. The van der Waals surface area contributed by atoms with E-state index in [1.165, 1.54) is 17.6 Å². The quantitative estimate of drug-likeness (QED) is 0.812. The number of halogens is 1. The number of nitrogens with zero attached hydrogens (tertiary/aromatic N) is 2. The summed E-state index contributed by atoms with van der Waals surface area (Å²) in [6.07, 6.45) is 0. The van der Waals surface area contributed by atoms with Crippen LogP contribution in [0.4, 0.5) is 4.39 Å². The molecule has 7 heteroatoms. The van der Waals surface area contributed by atoms with Crippen LogP contribution in [0.5, 0.6) is 0 Å². The van der Waals surface area contributed by atoms with Crippen molar-refractivity contribution < 1.29 is 18.7 Å². The Balaban J connectivity index is 2.64. The van der Waals surface area contributed by atoms with Gasteiger partial charge in [-0.05, 0) is 19.1 Å². The summed E-state index contributed by atoms with van der Waals surface area (Å²) >= 11 is 1.15. The van der Waals surface area contributed by atoms with Gasteiger partial charge in [-0.2, -0.15) is 4.99 Å². The van der Waals surface area contributed by atoms with Crippen molar-refractivity contribution >= 4 is 33.4 Å². The van der Waals surface area contributed by atoms with Crippen LogP contribution in [0, 0.1) is 5.82 Å². The van der Waals surface area contributed by atoms with Gasteiger partial charge in [0, 0.05) is 6.92 Å². The first-order chi connectivity index (χ1) is 9.52. The van der Waals surface area contributed by atoms with Crippen molar-refractivity contribution in [2.45, 2.75) is 20.4 Å². The lowest BCUT2D eigenvalue weighted by molar-refractivity contribution is -0.143. The number of rotatable bonds is 3. The SMILES string of the molecule is CCOC(=O)Cn1c(=NC(C)=O)sc2cccc(F)c21. The Hall–Kier alpha value is -2.02. The van der Waals surface area contributed by atoms with Crippen molar-refractivity contribution in [1.29, 1.82) is 0 Å². The van der Waals surface area contributed by atoms with Crippen LogP contribution in [0.15, 0.2) is 23.2 Å². The number of para-hydroxylation sites is 1. The van der Waals surface area contributed by atoms with Gasteiger partial charge in [-0.15, -0.1) is 0 Å². The molecule has 0 aliphatic heterocycles. The largest absolute Gasteiger partial charge is 0.465 e. The van der Waals surface area contributed by atoms with E-state index in [1.807, 2.05) is 0 Å². The molecule has 5 nitrogen and oxygen atoms in total. The van der Waals surface area contributed by atoms with E-state index in [0.29, 0.717) is 4.70 Å². The Morgan fingerprint density at radius 3 is 2.85 bits per heavy atom. The highest BCUT2D eigenvalue weighted by Crippen LogP contribution is 2.20. The molecule has 1 amide bonds. The summed E-state index contributed by atoms with van der Waals surface area (Å²) in [5, 5.41) is 0. The molecule has 2 rings (SSSR count). The Morgan fingerprint density at radius 1 is 1.45 bits per heavy atom. The molecule has 0 radical (unpaired) electrons. The maximum atomic E-state index is 13.9. The molecular weight excluding hydrogens is 283 g/mol. The molecule has 0 bridgehead atoms. The zero-order valence-corrected chi connectivity index (χ0v) is 11.9. The zero-order chi connectivity index (χ0) is 14.7. The normalized spacial score (nSPS) is 11.8. The highest BCUT2D eigenvalue weighted by atomic mass is 32.1. The molecule has 0 aliphatic rings. The maximum Gasteiger partial charge on any atom is 0.326 e. The summed E-state index contributed by atoms with van der Waals surface area (Å²) in [6, 6.07) is 4.58. The number of carbonyl (C=O) groups is 2. The van der Waals surface area contributed by atoms with Crippen LogP contribution in [0.2, 0.25) is 0 Å². The summed E-state index contributed by atoms with van der Waals surface area (Å²) in [7, 11) is 0. The smallest absolute Gasteiger partial charge is 0.326 e. The summed E-state index contributed by atoms with van der Waals surface area (Å²) in [5.74, 6) is -1.37. The Labute approximate surface area is 118 Å². The van der Waals surface area contributed by atoms with Crippen LogP contribution in [-0.2, 0) is 20.9 Å². The third-order valence-corrected chi connectivity index (χ3v) is 3.54. The summed E-state index contributed by atoms with van der Waals surface area (Å²) in [4.78, 5) is 26.9. The first-order valence-electron chi connectivity index (χ1n) is 6.01. The minimum atomic E-state index is -0.500. The fourth-order valence-corrected chi connectivity index (χ4v) is 2.88. The standard InChI is InChI=1S/C13H13FN2O3S/c1-3-19-11(18)7-16-12-9(14)5-4-6-10(12)20-13(16)15-8(2)17/h4-6H,3,7H2,1-2H3. The van der Waals surface area contributed by atoms with E-state index in [4.69, 9.17) is 4.74 Å². The number of thiazole rings is 1. The molecule has 20 heavy (non-hydrogen) atoms. The van der Waals surface area contributed by atoms with Crippen molar-refractivity contribution in [3.05, 3.63) is 28.8 Å². The lowest BCUT2D eigenvalue weighted by Gasteiger charge is -2.05. The van der Waals surface area contributed by atoms with Gasteiger partial charge in [0.25, 0.3) is 0 Å². The molecule has 2 aromatic rings. The van der Waals surface area contributed by atoms with E-state index in [-0.39, 0.29) is 23.5 Å². The van der Waals surface area contributed by atoms with Crippen LogP contribution >= 0.6 is 11.3 Å². The summed E-state index contributed by atoms with van der Waals surface area (Å²) in [6.45, 7) is 3.05. The van der Waals surface area contributed by atoms with E-state index < -0.39 is 17.7 Å². The molecule has 1 heterocycles. The van der Waals surface area contributed by atoms with Crippen molar-refractivity contribution in [2.75, 3.05) is 6.61 Å². The van der Waals surface area contributed by atoms with Crippen molar-refractivity contribution in [1.82, 2.24) is 4.57 Å². The second kappa shape index (κ2) is 5.96. The lowest BCUT2D eigenvalue weighted by Crippen LogP contribution is -2.23. The number of esters is 1. The third-order valence-electron chi connectivity index (χ3n) is 2.50. The number of ether oxygens (including phenoxy) is 1. The number of fused-ring (bicyclic) bond motifs is 1. The molecular formula is C13H13FN2O3S. The fourth-order valence-electron chi connectivity index (χ4n) is 1.79. The first-order valence-corrected chi connectivity index (χ1v) is 6.83. The topological polar surface area (TPSA) is 60.7 Å². The lowest BCUT2D eigenvalue weighted by atomic mass is 10.3. The van der Waals surface area contributed by atoms with Gasteiger partial charge >= 0.3 is 5.97 Å². The van der Waals surface area contributed by atoms with Crippen molar-refractivity contribution in [3.63, 3.8) is 0 Å². The van der Waals surface area contributed by atoms with Crippen LogP contribution in [-0.4, -0.2) is 23.1 Å². The first kappa shape index (κ1) is 14.4. The van der Waals surface area contributed by atoms with E-state index >= 15 is 0 Å². The summed E-state index contributed by atoms with van der Waals surface area (Å²) in [5.41, 5.74) is 0.255. The third kappa shape index (κ3) is 2.93. The molecule has 0 fully saturated rings. The Kier molecular flexibility index (Phi) is 4.29. The highest BCUT2D eigenvalue weighted by Gasteiger charge is 2.14. The molecule has 106 valence electrons. The van der Waals surface area contributed by atoms with Gasteiger partial charge in [-0.1, -0.05) is 17.4 Å². The van der Waals surface area contributed by atoms with Gasteiger partial charge in [-0.3, -0.25) is 9.59 Å². The van der Waals surface area contributed by atoms with Crippen LogP contribution in [0.1, 0.15) is 13.8 Å². The number of benzene rings is 1. The monoisotopic (exact) mass is 296 g/mol. The Morgan fingerprint density at radius 2 is 2.20 bits per heavy atom. The van der Waals surface area contributed by atoms with E-state index in [1.54, 1.807) is 19.1 Å². The predicted octanol–water partition coefficient (Wildman–Crippen LogP) is 1.85. The molecule has 1 aromatic heterocycles. The number of carbonyl (C=O) groups excluding carboxylic acids is 2. The minimum Gasteiger partial charge on any atom is -0.465 e. The van der Waals surface area contributed by atoms with Gasteiger partial charge in [0.05, 0.1) is 16.8 Å². The number of hydrogen-bond acceptors (Lipinski definition) is 4. The van der Waals surface area contributed by atoms with Crippen LogP contribution in [0.25, 0.3) is 10.2 Å². The molecule has 0 unspecified atom stereocenters. The van der Waals surface area contributed by atoms with Crippen molar-refractivity contribution in [2.24, 2.45) is 4.99 Å². The van der Waals surface area contributed by atoms with Crippen LogP contribution < -0.4 is 4.80 Å². The van der Waals surface area contributed by atoms with Gasteiger partial charge in [0.1, 0.15) is 12.4 Å². The molecule has 0 aliphatic carbocycles. The number of hydrogen-bond donors (Lipinski definition) is 0. The average Bonchev–Trinajstić information content (AvgIpc) is 2.68. The van der Waals surface area contributed by atoms with E-state index in [2.05, 4.69) is 4.99 Å². The zero-order valence-electron chi connectivity index (χ0n) is 11.1. The van der Waals surface area contributed by atoms with Gasteiger partial charge in [-0.25, -0.2) is 4.39 Å². The minimum absolute atomic E-state index is 0.180. The number of amides is 1. The van der Waals surface area contributed by atoms with Crippen LogP contribution in [0.3, 0.4) is 0 Å².